The highest BCUT2D eigenvalue weighted by molar-refractivity contribution is 9.09. The third-order valence-electron chi connectivity index (χ3n) is 1.57. The van der Waals surface area contributed by atoms with E-state index in [0.717, 1.165) is 0 Å². The van der Waals surface area contributed by atoms with Crippen LogP contribution in [0.4, 0.5) is 5.69 Å². The third kappa shape index (κ3) is 2.54. The fourth-order valence-corrected chi connectivity index (χ4v) is 1.02. The van der Waals surface area contributed by atoms with E-state index in [0.29, 0.717) is 16.6 Å². The molecule has 0 saturated carbocycles. The van der Waals surface area contributed by atoms with Crippen molar-refractivity contribution in [2.75, 3.05) is 5.33 Å². The Morgan fingerprint density at radius 3 is 3.00 bits per heavy atom. The minimum absolute atomic E-state index is 0.0329. The number of pyridine rings is 1. The molecule has 1 aromatic heterocycles. The summed E-state index contributed by atoms with van der Waals surface area (Å²) in [5.74, 6) is 5.57. The number of hydrogen-bond donors (Lipinski definition) is 0. The second-order valence-electron chi connectivity index (χ2n) is 2.52. The Kier molecular flexibility index (Phi) is 3.60. The lowest BCUT2D eigenvalue weighted by atomic mass is 10.2. The first kappa shape index (κ1) is 10.7. The van der Waals surface area contributed by atoms with Crippen LogP contribution in [0, 0.1) is 28.9 Å². The molecule has 4 nitrogen and oxygen atoms in total. The number of aromatic nitrogens is 1. The molecule has 1 heterocycles. The van der Waals surface area contributed by atoms with Gasteiger partial charge in [-0.3, -0.25) is 15.1 Å². The van der Waals surface area contributed by atoms with E-state index in [1.807, 2.05) is 0 Å². The summed E-state index contributed by atoms with van der Waals surface area (Å²) in [6.45, 7) is 1.77. The largest absolute Gasteiger partial charge is 0.288 e. The van der Waals surface area contributed by atoms with Crippen LogP contribution in [0.1, 0.15) is 11.3 Å². The maximum atomic E-state index is 10.4. The fourth-order valence-electron chi connectivity index (χ4n) is 0.877. The highest BCUT2D eigenvalue weighted by atomic mass is 79.9. The molecule has 0 atom stereocenters. The summed E-state index contributed by atoms with van der Waals surface area (Å²) < 4.78 is 0. The minimum atomic E-state index is -0.480. The van der Waals surface area contributed by atoms with Gasteiger partial charge in [0.05, 0.1) is 21.5 Å². The summed E-state index contributed by atoms with van der Waals surface area (Å²) in [4.78, 5) is 13.9. The Labute approximate surface area is 89.6 Å². The summed E-state index contributed by atoms with van der Waals surface area (Å²) >= 11 is 3.15. The number of nitrogens with zero attached hydrogens (tertiary/aromatic N) is 2. The van der Waals surface area contributed by atoms with Crippen LogP contribution < -0.4 is 0 Å². The van der Waals surface area contributed by atoms with Gasteiger partial charge in [-0.1, -0.05) is 27.8 Å². The predicted octanol–water partition coefficient (Wildman–Crippen LogP) is 2.04. The van der Waals surface area contributed by atoms with E-state index in [4.69, 9.17) is 0 Å². The third-order valence-corrected chi connectivity index (χ3v) is 1.85. The molecule has 1 aromatic rings. The highest BCUT2D eigenvalue weighted by Gasteiger charge is 2.07. The number of rotatable bonds is 1. The van der Waals surface area contributed by atoms with E-state index in [9.17, 15) is 10.1 Å². The van der Waals surface area contributed by atoms with E-state index >= 15 is 0 Å². The smallest absolute Gasteiger partial charge is 0.258 e. The van der Waals surface area contributed by atoms with Crippen molar-refractivity contribution >= 4 is 21.6 Å². The average Bonchev–Trinajstić information content (AvgIpc) is 2.16. The van der Waals surface area contributed by atoms with Crippen LogP contribution in [0.5, 0.6) is 0 Å². The van der Waals surface area contributed by atoms with Crippen molar-refractivity contribution in [3.05, 3.63) is 33.6 Å². The quantitative estimate of drug-likeness (QED) is 0.334. The molecular weight excluding hydrogens is 248 g/mol. The first-order valence-corrected chi connectivity index (χ1v) is 4.93. The number of alkyl halides is 1. The number of aryl methyl sites for hydroxylation is 1. The van der Waals surface area contributed by atoms with Crippen LogP contribution in [0.2, 0.25) is 0 Å². The van der Waals surface area contributed by atoms with Gasteiger partial charge in [0.1, 0.15) is 6.20 Å². The van der Waals surface area contributed by atoms with Gasteiger partial charge in [0.2, 0.25) is 0 Å². The molecule has 0 unspecified atom stereocenters. The summed E-state index contributed by atoms with van der Waals surface area (Å²) in [5.41, 5.74) is 1.26. The lowest BCUT2D eigenvalue weighted by molar-refractivity contribution is -0.385. The number of hydrogen-bond acceptors (Lipinski definition) is 3. The van der Waals surface area contributed by atoms with Gasteiger partial charge >= 0.3 is 0 Å². The molecule has 0 saturated heterocycles. The lowest BCUT2D eigenvalue weighted by Gasteiger charge is -1.96. The molecule has 0 amide bonds. The van der Waals surface area contributed by atoms with Gasteiger partial charge in [-0.15, -0.1) is 0 Å². The van der Waals surface area contributed by atoms with E-state index in [-0.39, 0.29) is 5.69 Å². The van der Waals surface area contributed by atoms with Gasteiger partial charge in [-0.25, -0.2) is 0 Å². The molecule has 0 aliphatic rings. The van der Waals surface area contributed by atoms with Crippen molar-refractivity contribution in [1.82, 2.24) is 4.98 Å². The topological polar surface area (TPSA) is 56.0 Å². The van der Waals surface area contributed by atoms with Gasteiger partial charge in [-0.05, 0) is 6.92 Å². The van der Waals surface area contributed by atoms with Crippen molar-refractivity contribution in [3.8, 4) is 11.8 Å². The fraction of sp³-hybridized carbons (Fsp3) is 0.222. The molecule has 72 valence electrons. The van der Waals surface area contributed by atoms with Crippen LogP contribution in [-0.2, 0) is 0 Å². The van der Waals surface area contributed by atoms with Gasteiger partial charge in [0, 0.05) is 6.07 Å². The van der Waals surface area contributed by atoms with Crippen molar-refractivity contribution in [3.63, 3.8) is 0 Å². The number of halogens is 1. The molecule has 0 aliphatic carbocycles. The molecule has 0 N–H and O–H groups in total. The molecule has 1 rings (SSSR count). The highest BCUT2D eigenvalue weighted by Crippen LogP contribution is 2.13. The second-order valence-corrected chi connectivity index (χ2v) is 3.08. The molecule has 0 aromatic carbocycles. The monoisotopic (exact) mass is 254 g/mol. The molecule has 0 aliphatic heterocycles. The van der Waals surface area contributed by atoms with Gasteiger partial charge in [0.25, 0.3) is 5.69 Å². The van der Waals surface area contributed by atoms with Crippen LogP contribution in [0.25, 0.3) is 0 Å². The summed E-state index contributed by atoms with van der Waals surface area (Å²) in [6.07, 6.45) is 1.23. The normalized spacial score (nSPS) is 9.00. The maximum absolute atomic E-state index is 10.4. The summed E-state index contributed by atoms with van der Waals surface area (Å²) in [5, 5.41) is 11.0. The van der Waals surface area contributed by atoms with Gasteiger partial charge in [-0.2, -0.15) is 0 Å². The van der Waals surface area contributed by atoms with Crippen molar-refractivity contribution in [2.24, 2.45) is 0 Å². The molecule has 14 heavy (non-hydrogen) atoms. The Morgan fingerprint density at radius 1 is 1.71 bits per heavy atom. The zero-order valence-corrected chi connectivity index (χ0v) is 9.04. The van der Waals surface area contributed by atoms with Crippen molar-refractivity contribution in [1.29, 1.82) is 0 Å². The van der Waals surface area contributed by atoms with Crippen LogP contribution in [0.3, 0.4) is 0 Å². The van der Waals surface area contributed by atoms with Crippen molar-refractivity contribution < 1.29 is 4.92 Å². The summed E-state index contributed by atoms with van der Waals surface area (Å²) in [6, 6.07) is 1.43. The van der Waals surface area contributed by atoms with E-state index < -0.39 is 4.92 Å². The lowest BCUT2D eigenvalue weighted by Crippen LogP contribution is -1.93. The zero-order chi connectivity index (χ0) is 10.6. The van der Waals surface area contributed by atoms with Gasteiger partial charge in [0.15, 0.2) is 0 Å². The van der Waals surface area contributed by atoms with Crippen LogP contribution >= 0.6 is 15.9 Å². The Hall–Kier alpha value is -1.41. The van der Waals surface area contributed by atoms with E-state index in [1.165, 1.54) is 12.3 Å². The molecule has 0 fully saturated rings. The van der Waals surface area contributed by atoms with Crippen LogP contribution in [0.15, 0.2) is 12.3 Å². The first-order valence-electron chi connectivity index (χ1n) is 3.81. The van der Waals surface area contributed by atoms with Crippen LogP contribution in [-0.4, -0.2) is 15.2 Å². The van der Waals surface area contributed by atoms with Gasteiger partial charge < -0.3 is 0 Å². The van der Waals surface area contributed by atoms with Crippen molar-refractivity contribution in [2.45, 2.75) is 6.92 Å². The number of nitro groups is 1. The molecule has 5 heteroatoms. The zero-order valence-electron chi connectivity index (χ0n) is 7.45. The molecule has 0 spiro atoms. The Balaban J connectivity index is 3.14. The minimum Gasteiger partial charge on any atom is -0.258 e. The predicted molar refractivity (Wildman–Crippen MR) is 56.3 cm³/mol. The standard InChI is InChI=1S/C9H7BrN2O2/c1-7-8(3-2-4-10)5-9(6-11-7)12(13)14/h5-6H,4H2,1H3. The molecule has 0 bridgehead atoms. The SMILES string of the molecule is Cc1ncc([N+](=O)[O-])cc1C#CCBr. The van der Waals surface area contributed by atoms with E-state index in [2.05, 4.69) is 32.8 Å². The summed E-state index contributed by atoms with van der Waals surface area (Å²) in [7, 11) is 0. The first-order chi connectivity index (χ1) is 6.65. The molecule has 0 radical (unpaired) electrons. The second kappa shape index (κ2) is 4.72. The maximum Gasteiger partial charge on any atom is 0.288 e. The Bertz CT molecular complexity index is 421. The van der Waals surface area contributed by atoms with E-state index in [1.54, 1.807) is 6.92 Å². The molecular formula is C9H7BrN2O2. The average molecular weight is 255 g/mol. The Morgan fingerprint density at radius 2 is 2.43 bits per heavy atom.